The van der Waals surface area contributed by atoms with E-state index in [2.05, 4.69) is 40.2 Å². The fourth-order valence-electron chi connectivity index (χ4n) is 3.58. The molecule has 0 radical (unpaired) electrons. The van der Waals surface area contributed by atoms with Gasteiger partial charge in [-0.25, -0.2) is 9.97 Å². The first kappa shape index (κ1) is 16.9. The van der Waals surface area contributed by atoms with Gasteiger partial charge in [-0.15, -0.1) is 11.3 Å². The van der Waals surface area contributed by atoms with E-state index in [-0.39, 0.29) is 0 Å². The number of fused-ring (bicyclic) bond motifs is 2. The Labute approximate surface area is 167 Å². The number of rotatable bonds is 3. The van der Waals surface area contributed by atoms with E-state index in [1.165, 1.54) is 26.2 Å². The summed E-state index contributed by atoms with van der Waals surface area (Å²) in [5, 5.41) is 2.07. The molecule has 3 heterocycles. The van der Waals surface area contributed by atoms with Gasteiger partial charge in [-0.2, -0.15) is 0 Å². The van der Waals surface area contributed by atoms with E-state index < -0.39 is 0 Å². The second-order valence-corrected chi connectivity index (χ2v) is 8.49. The normalized spacial score (nSPS) is 14.4. The highest BCUT2D eigenvalue weighted by atomic mass is 35.5. The maximum absolute atomic E-state index is 5.98. The first-order valence-electron chi connectivity index (χ1n) is 9.05. The van der Waals surface area contributed by atoms with Crippen molar-refractivity contribution in [3.05, 3.63) is 82.0 Å². The number of thiophene rings is 1. The molecule has 1 aliphatic rings. The van der Waals surface area contributed by atoms with Crippen LogP contribution in [0.15, 0.2) is 60.8 Å². The Hall–Kier alpha value is -2.27. The van der Waals surface area contributed by atoms with E-state index in [9.17, 15) is 0 Å². The quantitative estimate of drug-likeness (QED) is 0.457. The fourth-order valence-corrected chi connectivity index (χ4v) is 4.82. The van der Waals surface area contributed by atoms with Crippen LogP contribution in [0.3, 0.4) is 0 Å². The van der Waals surface area contributed by atoms with Gasteiger partial charge in [0.25, 0.3) is 0 Å². The van der Waals surface area contributed by atoms with Crippen LogP contribution in [0.2, 0.25) is 5.02 Å². The molecule has 3 nitrogen and oxygen atoms in total. The summed E-state index contributed by atoms with van der Waals surface area (Å²) in [7, 11) is 0. The molecule has 0 N–H and O–H groups in total. The Bertz CT molecular complexity index is 1070. The van der Waals surface area contributed by atoms with E-state index in [1.807, 2.05) is 41.8 Å². The molecule has 0 saturated heterocycles. The molecule has 0 amide bonds. The molecule has 5 heteroatoms. The zero-order valence-electron chi connectivity index (χ0n) is 14.7. The number of halogens is 1. The second kappa shape index (κ2) is 7.04. The minimum atomic E-state index is 0.730. The van der Waals surface area contributed by atoms with Gasteiger partial charge in [0.15, 0.2) is 5.82 Å². The van der Waals surface area contributed by atoms with Gasteiger partial charge in [0.2, 0.25) is 0 Å². The summed E-state index contributed by atoms with van der Waals surface area (Å²) in [6.45, 7) is 2.92. The third-order valence-electron chi connectivity index (χ3n) is 4.97. The Balaban J connectivity index is 1.34. The lowest BCUT2D eigenvalue weighted by atomic mass is 10.1. The van der Waals surface area contributed by atoms with Crippen molar-refractivity contribution in [2.45, 2.75) is 19.5 Å². The van der Waals surface area contributed by atoms with Gasteiger partial charge in [-0.3, -0.25) is 4.90 Å². The van der Waals surface area contributed by atoms with Crippen LogP contribution in [-0.4, -0.2) is 21.4 Å². The van der Waals surface area contributed by atoms with Crippen LogP contribution in [0.4, 0.5) is 0 Å². The molecule has 27 heavy (non-hydrogen) atoms. The summed E-state index contributed by atoms with van der Waals surface area (Å²) < 4.78 is 1.36. The molecular formula is C22H18ClN3S. The average molecular weight is 392 g/mol. The van der Waals surface area contributed by atoms with Crippen LogP contribution in [0, 0.1) is 0 Å². The lowest BCUT2D eigenvalue weighted by Gasteiger charge is -2.27. The van der Waals surface area contributed by atoms with Crippen LogP contribution < -0.4 is 0 Å². The van der Waals surface area contributed by atoms with Gasteiger partial charge < -0.3 is 0 Å². The molecule has 2 aromatic carbocycles. The standard InChI is InChI=1S/C22H18ClN3S/c23-18-7-5-15(6-8-18)22-24-12-17-13-26(10-9-20(17)25-22)14-19-11-16-3-1-2-4-21(16)27-19/h1-8,11-12H,9-10,13-14H2. The lowest BCUT2D eigenvalue weighted by Crippen LogP contribution is -2.30. The van der Waals surface area contributed by atoms with Crippen molar-refractivity contribution < 1.29 is 0 Å². The third-order valence-corrected chi connectivity index (χ3v) is 6.32. The number of hydrogen-bond donors (Lipinski definition) is 0. The van der Waals surface area contributed by atoms with Crippen LogP contribution in [0.1, 0.15) is 16.1 Å². The fraction of sp³-hybridized carbons (Fsp3) is 0.182. The van der Waals surface area contributed by atoms with Gasteiger partial charge in [0.05, 0.1) is 5.69 Å². The first-order chi connectivity index (χ1) is 13.2. The lowest BCUT2D eigenvalue weighted by molar-refractivity contribution is 0.245. The molecule has 1 aliphatic heterocycles. The van der Waals surface area contributed by atoms with Gasteiger partial charge in [0, 0.05) is 58.0 Å². The Kier molecular flexibility index (Phi) is 4.40. The van der Waals surface area contributed by atoms with Crippen molar-refractivity contribution in [2.75, 3.05) is 6.54 Å². The molecule has 0 spiro atoms. The summed E-state index contributed by atoms with van der Waals surface area (Å²) in [5.41, 5.74) is 3.41. The van der Waals surface area contributed by atoms with Crippen LogP contribution >= 0.6 is 22.9 Å². The minimum absolute atomic E-state index is 0.730. The number of aromatic nitrogens is 2. The maximum atomic E-state index is 5.98. The van der Waals surface area contributed by atoms with Crippen molar-refractivity contribution in [1.29, 1.82) is 0 Å². The number of nitrogens with zero attached hydrogens (tertiary/aromatic N) is 3. The monoisotopic (exact) mass is 391 g/mol. The SMILES string of the molecule is Clc1ccc(-c2ncc3c(n2)CCN(Cc2cc4ccccc4s2)C3)cc1. The zero-order chi connectivity index (χ0) is 18.2. The van der Waals surface area contributed by atoms with E-state index in [1.54, 1.807) is 0 Å². The molecule has 0 aliphatic carbocycles. The van der Waals surface area contributed by atoms with Gasteiger partial charge in [0.1, 0.15) is 0 Å². The molecule has 0 saturated carbocycles. The van der Waals surface area contributed by atoms with Gasteiger partial charge in [-0.05, 0) is 41.8 Å². The average Bonchev–Trinajstić information content (AvgIpc) is 3.10. The molecule has 2 aromatic heterocycles. The predicted molar refractivity (Wildman–Crippen MR) is 112 cm³/mol. The van der Waals surface area contributed by atoms with Crippen molar-refractivity contribution in [2.24, 2.45) is 0 Å². The Morgan fingerprint density at radius 1 is 1.07 bits per heavy atom. The molecule has 0 bridgehead atoms. The highest BCUT2D eigenvalue weighted by Crippen LogP contribution is 2.28. The summed E-state index contributed by atoms with van der Waals surface area (Å²) in [6.07, 6.45) is 2.95. The zero-order valence-corrected chi connectivity index (χ0v) is 16.3. The van der Waals surface area contributed by atoms with E-state index in [4.69, 9.17) is 16.6 Å². The van der Waals surface area contributed by atoms with Crippen molar-refractivity contribution in [1.82, 2.24) is 14.9 Å². The van der Waals surface area contributed by atoms with Crippen LogP contribution in [0.25, 0.3) is 21.5 Å². The maximum Gasteiger partial charge on any atom is 0.159 e. The molecule has 5 rings (SSSR count). The van der Waals surface area contributed by atoms with Crippen LogP contribution in [0.5, 0.6) is 0 Å². The predicted octanol–water partition coefficient (Wildman–Crippen LogP) is 5.57. The van der Waals surface area contributed by atoms with Gasteiger partial charge >= 0.3 is 0 Å². The summed E-state index contributed by atoms with van der Waals surface area (Å²) in [4.78, 5) is 13.3. The molecule has 0 atom stereocenters. The van der Waals surface area contributed by atoms with E-state index >= 15 is 0 Å². The summed E-state index contributed by atoms with van der Waals surface area (Å²) in [6, 6.07) is 18.6. The minimum Gasteiger partial charge on any atom is -0.293 e. The smallest absolute Gasteiger partial charge is 0.159 e. The first-order valence-corrected chi connectivity index (χ1v) is 10.2. The molecule has 4 aromatic rings. The highest BCUT2D eigenvalue weighted by Gasteiger charge is 2.19. The topological polar surface area (TPSA) is 29.0 Å². The molecule has 0 unspecified atom stereocenters. The second-order valence-electron chi connectivity index (χ2n) is 6.88. The Morgan fingerprint density at radius 3 is 2.78 bits per heavy atom. The van der Waals surface area contributed by atoms with E-state index in [0.29, 0.717) is 0 Å². The van der Waals surface area contributed by atoms with Crippen molar-refractivity contribution in [3.63, 3.8) is 0 Å². The largest absolute Gasteiger partial charge is 0.293 e. The molecular weight excluding hydrogens is 374 g/mol. The highest BCUT2D eigenvalue weighted by molar-refractivity contribution is 7.19. The van der Waals surface area contributed by atoms with Crippen LogP contribution in [-0.2, 0) is 19.5 Å². The van der Waals surface area contributed by atoms with Crippen molar-refractivity contribution >= 4 is 33.0 Å². The summed E-state index contributed by atoms with van der Waals surface area (Å²) >= 11 is 7.87. The summed E-state index contributed by atoms with van der Waals surface area (Å²) in [5.74, 6) is 0.781. The third kappa shape index (κ3) is 3.48. The molecule has 0 fully saturated rings. The molecule has 134 valence electrons. The van der Waals surface area contributed by atoms with Gasteiger partial charge in [-0.1, -0.05) is 29.8 Å². The van der Waals surface area contributed by atoms with E-state index in [0.717, 1.165) is 42.5 Å². The Morgan fingerprint density at radius 2 is 1.93 bits per heavy atom. The number of benzene rings is 2. The number of hydrogen-bond acceptors (Lipinski definition) is 4. The van der Waals surface area contributed by atoms with Crippen molar-refractivity contribution in [3.8, 4) is 11.4 Å².